The van der Waals surface area contributed by atoms with Crippen LogP contribution >= 0.6 is 11.6 Å². The van der Waals surface area contributed by atoms with Crippen molar-refractivity contribution in [3.8, 4) is 0 Å². The van der Waals surface area contributed by atoms with Crippen molar-refractivity contribution < 1.29 is 9.53 Å². The van der Waals surface area contributed by atoms with E-state index in [9.17, 15) is 4.79 Å². The van der Waals surface area contributed by atoms with E-state index in [0.29, 0.717) is 0 Å². The van der Waals surface area contributed by atoms with Crippen LogP contribution in [0.1, 0.15) is 0 Å². The maximum absolute atomic E-state index is 10.4. The molecule has 0 amide bonds. The van der Waals surface area contributed by atoms with E-state index in [-0.39, 0.29) is 5.17 Å². The van der Waals surface area contributed by atoms with Crippen LogP contribution < -0.4 is 5.34 Å². The molecule has 0 aliphatic carbocycles. The lowest BCUT2D eigenvalue weighted by Crippen LogP contribution is -2.13. The summed E-state index contributed by atoms with van der Waals surface area (Å²) in [7, 11) is 2.77. The molecule has 0 aliphatic heterocycles. The van der Waals surface area contributed by atoms with Gasteiger partial charge in [0.1, 0.15) is 0 Å². The van der Waals surface area contributed by atoms with Crippen LogP contribution in [0.2, 0.25) is 0 Å². The van der Waals surface area contributed by atoms with E-state index in [1.165, 1.54) is 15.1 Å². The van der Waals surface area contributed by atoms with Gasteiger partial charge in [0.15, 0.2) is 0 Å². The number of methoxy groups -OCH3 is 1. The van der Waals surface area contributed by atoms with Crippen molar-refractivity contribution in [1.29, 1.82) is 0 Å². The summed E-state index contributed by atoms with van der Waals surface area (Å²) in [4.78, 5) is 10.4. The lowest BCUT2D eigenvalue weighted by atomic mass is 10.5. The van der Waals surface area contributed by atoms with Crippen LogP contribution in [0.25, 0.3) is 0 Å². The average molecular weight is 148 g/mol. The molecule has 9 heavy (non-hydrogen) atoms. The van der Waals surface area contributed by atoms with Crippen molar-refractivity contribution in [3.63, 3.8) is 0 Å². The zero-order valence-corrected chi connectivity index (χ0v) is 5.90. The molecule has 1 N–H and O–H groups in total. The summed E-state index contributed by atoms with van der Waals surface area (Å²) >= 11 is 5.24. The molecule has 0 spiro atoms. The van der Waals surface area contributed by atoms with E-state index in [1.54, 1.807) is 0 Å². The highest BCUT2D eigenvalue weighted by molar-refractivity contribution is 6.82. The van der Waals surface area contributed by atoms with E-state index in [2.05, 4.69) is 15.2 Å². The van der Waals surface area contributed by atoms with E-state index in [0.717, 1.165) is 0 Å². The molecule has 0 aromatic carbocycles. The molecule has 6 heteroatoms. The van der Waals surface area contributed by atoms with Crippen LogP contribution in [0.15, 0.2) is 5.10 Å². The maximum Gasteiger partial charge on any atom is 0.370 e. The van der Waals surface area contributed by atoms with Crippen LogP contribution in [0.5, 0.6) is 0 Å². The van der Waals surface area contributed by atoms with E-state index in [4.69, 9.17) is 11.6 Å². The number of hydrogen-bond donors (Lipinski definition) is 1. The molecule has 0 unspecified atom stereocenters. The largest absolute Gasteiger partial charge is 0.464 e. The van der Waals surface area contributed by atoms with E-state index < -0.39 is 5.97 Å². The average Bonchev–Trinajstić information content (AvgIpc) is 1.87. The minimum atomic E-state index is -0.647. The topological polar surface area (TPSA) is 50.7 Å². The fraction of sp³-hybridized carbons (Fsp3) is 0.333. The van der Waals surface area contributed by atoms with Gasteiger partial charge in [0, 0.05) is 0 Å². The van der Waals surface area contributed by atoms with Crippen LogP contribution in [0.3, 0.4) is 0 Å². The summed E-state index contributed by atoms with van der Waals surface area (Å²) in [5, 5.41) is 5.48. The smallest absolute Gasteiger partial charge is 0.370 e. The summed E-state index contributed by atoms with van der Waals surface area (Å²) in [5.41, 5.74) is 0. The Morgan fingerprint density at radius 2 is 2.44 bits per heavy atom. The summed E-state index contributed by atoms with van der Waals surface area (Å²) in [5.74, 6) is -0.647. The Balaban J connectivity index is 3.86. The van der Waals surface area contributed by atoms with Crippen molar-refractivity contribution in [1.82, 2.24) is 5.34 Å². The fourth-order valence-electron chi connectivity index (χ4n) is 0.228. The number of nitrogens with zero attached hydrogens (tertiary/aromatic N) is 1. The second-order valence-corrected chi connectivity index (χ2v) is 1.48. The van der Waals surface area contributed by atoms with E-state index in [1.807, 2.05) is 0 Å². The van der Waals surface area contributed by atoms with Crippen molar-refractivity contribution in [3.05, 3.63) is 0 Å². The number of ether oxygens (including phenoxy) is 1. The first-order valence-electron chi connectivity index (χ1n) is 2.20. The molecular weight excluding hydrogens is 142 g/mol. The zero-order chi connectivity index (χ0) is 7.28. The Morgan fingerprint density at radius 1 is 1.89 bits per heavy atom. The van der Waals surface area contributed by atoms with Gasteiger partial charge in [-0.25, -0.2) is 4.79 Å². The fourth-order valence-corrected chi connectivity index (χ4v) is 0.390. The van der Waals surface area contributed by atoms with Crippen molar-refractivity contribution in [2.24, 2.45) is 5.10 Å². The molecule has 0 saturated heterocycles. The van der Waals surface area contributed by atoms with Gasteiger partial charge in [0.05, 0.1) is 7.11 Å². The predicted molar refractivity (Wildman–Crippen MR) is 37.0 cm³/mol. The number of hydrogen-bond acceptors (Lipinski definition) is 4. The molecule has 0 aromatic rings. The third-order valence-electron chi connectivity index (χ3n) is 0.564. The van der Waals surface area contributed by atoms with Crippen LogP contribution in [0, 0.1) is 0 Å². The van der Waals surface area contributed by atoms with Gasteiger partial charge in [0.25, 0.3) is 0 Å². The monoisotopic (exact) mass is 148 g/mol. The van der Waals surface area contributed by atoms with Crippen molar-refractivity contribution in [2.45, 2.75) is 0 Å². The first kappa shape index (κ1) is 8.29. The van der Waals surface area contributed by atoms with Crippen LogP contribution in [-0.4, -0.2) is 26.2 Å². The lowest BCUT2D eigenvalue weighted by Gasteiger charge is -1.93. The Hall–Kier alpha value is -0.705. The van der Waals surface area contributed by atoms with Gasteiger partial charge in [-0.2, -0.15) is 5.10 Å². The van der Waals surface area contributed by atoms with Gasteiger partial charge >= 0.3 is 5.97 Å². The molecular formula is C3H6BClN2O2. The highest BCUT2D eigenvalue weighted by Crippen LogP contribution is 1.85. The number of nitrogens with one attached hydrogen (secondary N) is 1. The number of esters is 1. The second kappa shape index (κ2) is 4.20. The molecule has 0 aliphatic rings. The van der Waals surface area contributed by atoms with E-state index >= 15 is 0 Å². The second-order valence-electron chi connectivity index (χ2n) is 1.12. The number of halogens is 1. The normalized spacial score (nSPS) is 10.7. The SMILES string of the molecule is BN/N=C(\Cl)C(=O)OC. The van der Waals surface area contributed by atoms with Gasteiger partial charge < -0.3 is 10.1 Å². The molecule has 50 valence electrons. The molecule has 0 radical (unpaired) electrons. The predicted octanol–water partition coefficient (Wildman–Crippen LogP) is -1.15. The molecule has 0 rings (SSSR count). The highest BCUT2D eigenvalue weighted by atomic mass is 35.5. The number of carbonyl (C=O) groups is 1. The Morgan fingerprint density at radius 3 is 2.78 bits per heavy atom. The molecule has 0 heterocycles. The summed E-state index contributed by atoms with van der Waals surface area (Å²) in [6, 6.07) is 0. The third kappa shape index (κ3) is 2.97. The standard InChI is InChI=1S/C3H6BClN2O2/c1-9-3(8)2(5)6-7-4/h7H,4H2,1H3/b6-2-. The molecule has 0 saturated carbocycles. The highest BCUT2D eigenvalue weighted by Gasteiger charge is 2.05. The van der Waals surface area contributed by atoms with Crippen molar-refractivity contribution >= 4 is 30.7 Å². The van der Waals surface area contributed by atoms with Gasteiger partial charge in [0.2, 0.25) is 13.2 Å². The Bertz CT molecular complexity index is 138. The van der Waals surface area contributed by atoms with Gasteiger partial charge in [-0.3, -0.25) is 0 Å². The Kier molecular flexibility index (Phi) is 3.87. The van der Waals surface area contributed by atoms with Gasteiger partial charge in [-0.15, -0.1) is 0 Å². The molecule has 0 bridgehead atoms. The summed E-state index contributed by atoms with van der Waals surface area (Å²) < 4.78 is 4.22. The minimum absolute atomic E-state index is 0.208. The lowest BCUT2D eigenvalue weighted by molar-refractivity contribution is -0.132. The maximum atomic E-state index is 10.4. The molecule has 0 atom stereocenters. The number of rotatable bonds is 2. The summed E-state index contributed by atoms with van der Waals surface area (Å²) in [6.45, 7) is 0. The molecule has 0 aromatic heterocycles. The third-order valence-corrected chi connectivity index (χ3v) is 0.803. The van der Waals surface area contributed by atoms with Crippen molar-refractivity contribution in [2.75, 3.05) is 7.11 Å². The van der Waals surface area contributed by atoms with Gasteiger partial charge in [-0.1, -0.05) is 11.6 Å². The zero-order valence-electron chi connectivity index (χ0n) is 5.14. The van der Waals surface area contributed by atoms with Gasteiger partial charge in [-0.05, 0) is 0 Å². The van der Waals surface area contributed by atoms with Crippen LogP contribution in [0.4, 0.5) is 0 Å². The molecule has 4 nitrogen and oxygen atoms in total. The molecule has 0 fully saturated rings. The quantitative estimate of drug-likeness (QED) is 0.233. The Labute approximate surface area is 58.6 Å². The minimum Gasteiger partial charge on any atom is -0.464 e. The first-order chi connectivity index (χ1) is 4.22. The first-order valence-corrected chi connectivity index (χ1v) is 2.58. The number of hydrazone groups is 1. The number of carbonyl (C=O) groups excluding carboxylic acids is 1. The van der Waals surface area contributed by atoms with Crippen LogP contribution in [-0.2, 0) is 9.53 Å². The summed E-state index contributed by atoms with van der Waals surface area (Å²) in [6.07, 6.45) is 0.